The Kier molecular flexibility index (Phi) is 6.63. The zero-order chi connectivity index (χ0) is 20.3. The molecule has 0 radical (unpaired) electrons. The fourth-order valence-electron chi connectivity index (χ4n) is 3.68. The topological polar surface area (TPSA) is 40.6 Å². The molecule has 1 atom stereocenters. The molecule has 0 N–H and O–H groups in total. The summed E-state index contributed by atoms with van der Waals surface area (Å²) in [6.07, 6.45) is 2.48. The van der Waals surface area contributed by atoms with E-state index in [1.807, 2.05) is 37.3 Å². The predicted octanol–water partition coefficient (Wildman–Crippen LogP) is 4.70. The van der Waals surface area contributed by atoms with Gasteiger partial charge >= 0.3 is 0 Å². The van der Waals surface area contributed by atoms with Crippen LogP contribution >= 0.6 is 15.9 Å². The Morgan fingerprint density at radius 2 is 1.75 bits per heavy atom. The number of anilines is 1. The van der Waals surface area contributed by atoms with Crippen LogP contribution in [0.1, 0.15) is 28.9 Å². The molecular formula is C22H27BrN2O2S. The van der Waals surface area contributed by atoms with Crippen LogP contribution in [0.4, 0.5) is 5.69 Å². The van der Waals surface area contributed by atoms with E-state index in [-0.39, 0.29) is 0 Å². The summed E-state index contributed by atoms with van der Waals surface area (Å²) in [4.78, 5) is 2.28. The Morgan fingerprint density at radius 1 is 1.11 bits per heavy atom. The van der Waals surface area contributed by atoms with Gasteiger partial charge in [-0.15, -0.1) is 6.58 Å². The smallest absolute Gasteiger partial charge is 0.224 e. The minimum absolute atomic E-state index is 0.484. The maximum atomic E-state index is 13.2. The molecule has 0 amide bonds. The molecule has 1 fully saturated rings. The van der Waals surface area contributed by atoms with E-state index >= 15 is 0 Å². The summed E-state index contributed by atoms with van der Waals surface area (Å²) >= 11 is 3.53. The molecular weight excluding hydrogens is 436 g/mol. The van der Waals surface area contributed by atoms with Gasteiger partial charge < -0.3 is 4.90 Å². The first kappa shape index (κ1) is 21.1. The molecule has 0 aliphatic carbocycles. The SMILES string of the molecule is C=CC(c1ccc(C)cc1)S(=O)(=O)N1CCN(c2ccc(Br)cc2CC)CC1. The Balaban J connectivity index is 1.76. The lowest BCUT2D eigenvalue weighted by Gasteiger charge is -2.37. The molecule has 1 aliphatic heterocycles. The maximum absolute atomic E-state index is 13.2. The molecule has 0 spiro atoms. The molecule has 1 saturated heterocycles. The highest BCUT2D eigenvalue weighted by Crippen LogP contribution is 2.30. The summed E-state index contributed by atoms with van der Waals surface area (Å²) in [6, 6.07) is 14.0. The number of hydrogen-bond acceptors (Lipinski definition) is 3. The normalized spacial score (nSPS) is 16.8. The number of piperazine rings is 1. The van der Waals surface area contributed by atoms with Crippen LogP contribution in [0.2, 0.25) is 0 Å². The molecule has 1 aliphatic rings. The summed E-state index contributed by atoms with van der Waals surface area (Å²) in [5.74, 6) is 0. The van der Waals surface area contributed by atoms with Crippen LogP contribution in [0.3, 0.4) is 0 Å². The van der Waals surface area contributed by atoms with Gasteiger partial charge in [0, 0.05) is 36.3 Å². The van der Waals surface area contributed by atoms with E-state index in [1.54, 1.807) is 4.31 Å². The van der Waals surface area contributed by atoms with E-state index in [1.165, 1.54) is 17.3 Å². The van der Waals surface area contributed by atoms with Crippen LogP contribution in [0.25, 0.3) is 0 Å². The summed E-state index contributed by atoms with van der Waals surface area (Å²) in [5, 5.41) is -0.710. The van der Waals surface area contributed by atoms with Crippen molar-refractivity contribution in [3.05, 3.63) is 76.3 Å². The molecule has 0 saturated carbocycles. The summed E-state index contributed by atoms with van der Waals surface area (Å²) in [5.41, 5.74) is 4.35. The third-order valence-corrected chi connectivity index (χ3v) is 7.99. The Morgan fingerprint density at radius 3 is 2.32 bits per heavy atom. The molecule has 2 aromatic rings. The predicted molar refractivity (Wildman–Crippen MR) is 120 cm³/mol. The van der Waals surface area contributed by atoms with Crippen LogP contribution < -0.4 is 4.90 Å². The number of sulfonamides is 1. The van der Waals surface area contributed by atoms with E-state index in [4.69, 9.17) is 0 Å². The second-order valence-electron chi connectivity index (χ2n) is 7.12. The lowest BCUT2D eigenvalue weighted by molar-refractivity contribution is 0.382. The van der Waals surface area contributed by atoms with Crippen molar-refractivity contribution in [1.82, 2.24) is 4.31 Å². The molecule has 3 rings (SSSR count). The van der Waals surface area contributed by atoms with Crippen molar-refractivity contribution in [3.8, 4) is 0 Å². The van der Waals surface area contributed by atoms with Crippen LogP contribution in [0, 0.1) is 6.92 Å². The lowest BCUT2D eigenvalue weighted by atomic mass is 10.1. The van der Waals surface area contributed by atoms with Crippen molar-refractivity contribution in [2.45, 2.75) is 25.5 Å². The Labute approximate surface area is 177 Å². The van der Waals surface area contributed by atoms with E-state index < -0.39 is 15.3 Å². The quantitative estimate of drug-likeness (QED) is 0.584. The molecule has 2 aromatic carbocycles. The summed E-state index contributed by atoms with van der Waals surface area (Å²) in [7, 11) is -3.49. The van der Waals surface area contributed by atoms with E-state index in [2.05, 4.69) is 46.5 Å². The van der Waals surface area contributed by atoms with Gasteiger partial charge in [0.05, 0.1) is 0 Å². The highest BCUT2D eigenvalue weighted by Gasteiger charge is 2.33. The van der Waals surface area contributed by atoms with Crippen molar-refractivity contribution in [2.75, 3.05) is 31.1 Å². The number of benzene rings is 2. The van der Waals surface area contributed by atoms with Crippen molar-refractivity contribution >= 4 is 31.6 Å². The number of halogens is 1. The molecule has 1 unspecified atom stereocenters. The summed E-state index contributed by atoms with van der Waals surface area (Å²) < 4.78 is 29.2. The standard InChI is InChI=1S/C22H27BrN2O2S/c1-4-18-16-20(23)10-11-21(18)24-12-14-25(15-13-24)28(26,27)22(5-2)19-8-6-17(3)7-9-19/h5-11,16,22H,2,4,12-15H2,1,3H3. The number of nitrogens with zero attached hydrogens (tertiary/aromatic N) is 2. The zero-order valence-corrected chi connectivity index (χ0v) is 18.8. The fraction of sp³-hybridized carbons (Fsp3) is 0.364. The third-order valence-electron chi connectivity index (χ3n) is 5.30. The van der Waals surface area contributed by atoms with Gasteiger partial charge in [-0.1, -0.05) is 58.8 Å². The van der Waals surface area contributed by atoms with Crippen molar-refractivity contribution < 1.29 is 8.42 Å². The first-order chi connectivity index (χ1) is 13.4. The van der Waals surface area contributed by atoms with Crippen LogP contribution in [0.15, 0.2) is 59.6 Å². The molecule has 28 heavy (non-hydrogen) atoms. The average molecular weight is 463 g/mol. The monoisotopic (exact) mass is 462 g/mol. The van der Waals surface area contributed by atoms with E-state index in [0.717, 1.165) is 22.0 Å². The van der Waals surface area contributed by atoms with Gasteiger partial charge in [0.1, 0.15) is 5.25 Å². The number of aryl methyl sites for hydroxylation is 2. The first-order valence-corrected chi connectivity index (χ1v) is 11.9. The molecule has 0 aromatic heterocycles. The van der Waals surface area contributed by atoms with Gasteiger partial charge in [0.25, 0.3) is 0 Å². The molecule has 0 bridgehead atoms. The lowest BCUT2D eigenvalue weighted by Crippen LogP contribution is -2.49. The Bertz CT molecular complexity index is 934. The first-order valence-electron chi connectivity index (χ1n) is 9.58. The Hall–Kier alpha value is -1.63. The van der Waals surface area contributed by atoms with Crippen molar-refractivity contribution in [1.29, 1.82) is 0 Å². The average Bonchev–Trinajstić information content (AvgIpc) is 2.70. The molecule has 6 heteroatoms. The highest BCUT2D eigenvalue weighted by atomic mass is 79.9. The van der Waals surface area contributed by atoms with Gasteiger partial charge in [-0.3, -0.25) is 0 Å². The van der Waals surface area contributed by atoms with Gasteiger partial charge in [0.2, 0.25) is 10.0 Å². The van der Waals surface area contributed by atoms with Crippen LogP contribution in [0.5, 0.6) is 0 Å². The second-order valence-corrected chi connectivity index (χ2v) is 10.1. The maximum Gasteiger partial charge on any atom is 0.224 e. The van der Waals surface area contributed by atoms with E-state index in [0.29, 0.717) is 26.2 Å². The molecule has 4 nitrogen and oxygen atoms in total. The number of hydrogen-bond donors (Lipinski definition) is 0. The molecule has 150 valence electrons. The van der Waals surface area contributed by atoms with Gasteiger partial charge in [-0.05, 0) is 42.7 Å². The van der Waals surface area contributed by atoms with Gasteiger partial charge in [0.15, 0.2) is 0 Å². The third kappa shape index (κ3) is 4.34. The van der Waals surface area contributed by atoms with Gasteiger partial charge in [-0.2, -0.15) is 4.31 Å². The fourth-order valence-corrected chi connectivity index (χ4v) is 5.82. The van der Waals surface area contributed by atoms with Crippen molar-refractivity contribution in [2.24, 2.45) is 0 Å². The highest BCUT2D eigenvalue weighted by molar-refractivity contribution is 9.10. The zero-order valence-electron chi connectivity index (χ0n) is 16.4. The van der Waals surface area contributed by atoms with E-state index in [9.17, 15) is 8.42 Å². The summed E-state index contributed by atoms with van der Waals surface area (Å²) in [6.45, 7) is 10.3. The van der Waals surface area contributed by atoms with Crippen molar-refractivity contribution in [3.63, 3.8) is 0 Å². The second kappa shape index (κ2) is 8.80. The molecule has 1 heterocycles. The minimum Gasteiger partial charge on any atom is -0.369 e. The van der Waals surface area contributed by atoms with Gasteiger partial charge in [-0.25, -0.2) is 8.42 Å². The largest absolute Gasteiger partial charge is 0.369 e. The number of rotatable bonds is 6. The van der Waals surface area contributed by atoms with Crippen LogP contribution in [-0.2, 0) is 16.4 Å². The van der Waals surface area contributed by atoms with Crippen LogP contribution in [-0.4, -0.2) is 38.9 Å². The minimum atomic E-state index is -3.49.